The standard InChI is InChI=1S/C25H32N6/c1-2-12-29(11-1)25-7-3-6-24-27-22(18-31(24)25)23-19-28(16-21-5-4-10-26-15-21)13-14-30(23)17-20-8-9-20/h3-7,10,15,18,20,23H,1-2,8-9,11-14,16-17,19H2/t23-/m0/s1. The van der Waals surface area contributed by atoms with Crippen LogP contribution in [0, 0.1) is 5.92 Å². The second-order valence-corrected chi connectivity index (χ2v) is 9.52. The van der Waals surface area contributed by atoms with Crippen LogP contribution < -0.4 is 4.90 Å². The highest BCUT2D eigenvalue weighted by Crippen LogP contribution is 2.35. The first kappa shape index (κ1) is 19.3. The molecule has 0 amide bonds. The van der Waals surface area contributed by atoms with E-state index < -0.39 is 0 Å². The van der Waals surface area contributed by atoms with Crippen LogP contribution >= 0.6 is 0 Å². The third-order valence-electron chi connectivity index (χ3n) is 7.15. The van der Waals surface area contributed by atoms with Crippen LogP contribution in [0.2, 0.25) is 0 Å². The van der Waals surface area contributed by atoms with E-state index in [0.717, 1.165) is 50.8 Å². The summed E-state index contributed by atoms with van der Waals surface area (Å²) >= 11 is 0. The van der Waals surface area contributed by atoms with Crippen LogP contribution in [0.1, 0.15) is 43.0 Å². The summed E-state index contributed by atoms with van der Waals surface area (Å²) in [6, 6.07) is 11.2. The molecule has 6 heteroatoms. The van der Waals surface area contributed by atoms with Crippen molar-refractivity contribution in [1.82, 2.24) is 24.2 Å². The van der Waals surface area contributed by atoms with E-state index >= 15 is 0 Å². The molecule has 0 spiro atoms. The summed E-state index contributed by atoms with van der Waals surface area (Å²) in [7, 11) is 0. The molecule has 1 saturated carbocycles. The average molecular weight is 417 g/mol. The number of hydrogen-bond donors (Lipinski definition) is 0. The first-order chi connectivity index (χ1) is 15.3. The number of piperazine rings is 1. The number of aromatic nitrogens is 3. The molecular weight excluding hydrogens is 384 g/mol. The van der Waals surface area contributed by atoms with Gasteiger partial charge in [0, 0.05) is 64.4 Å². The van der Waals surface area contributed by atoms with Crippen molar-refractivity contribution in [2.24, 2.45) is 5.92 Å². The van der Waals surface area contributed by atoms with Crippen LogP contribution in [0.15, 0.2) is 48.9 Å². The van der Waals surface area contributed by atoms with Gasteiger partial charge < -0.3 is 4.90 Å². The van der Waals surface area contributed by atoms with Gasteiger partial charge in [-0.2, -0.15) is 0 Å². The van der Waals surface area contributed by atoms with Crippen LogP contribution in [0.3, 0.4) is 0 Å². The van der Waals surface area contributed by atoms with E-state index in [0.29, 0.717) is 6.04 Å². The maximum absolute atomic E-state index is 5.14. The molecule has 1 aliphatic carbocycles. The number of pyridine rings is 2. The van der Waals surface area contributed by atoms with E-state index in [1.54, 1.807) is 0 Å². The molecule has 31 heavy (non-hydrogen) atoms. The van der Waals surface area contributed by atoms with Crippen molar-refractivity contribution in [3.05, 3.63) is 60.2 Å². The van der Waals surface area contributed by atoms with Crippen molar-refractivity contribution in [3.8, 4) is 0 Å². The molecule has 0 unspecified atom stereocenters. The van der Waals surface area contributed by atoms with Crippen molar-refractivity contribution in [2.75, 3.05) is 44.2 Å². The smallest absolute Gasteiger partial charge is 0.138 e. The minimum absolute atomic E-state index is 0.359. The Kier molecular flexibility index (Phi) is 5.12. The predicted octanol–water partition coefficient (Wildman–Crippen LogP) is 3.60. The van der Waals surface area contributed by atoms with Crippen LogP contribution in [0.25, 0.3) is 5.65 Å². The quantitative estimate of drug-likeness (QED) is 0.614. The Morgan fingerprint density at radius 1 is 0.968 bits per heavy atom. The molecule has 0 N–H and O–H groups in total. The second kappa shape index (κ2) is 8.24. The van der Waals surface area contributed by atoms with Crippen molar-refractivity contribution in [1.29, 1.82) is 0 Å². The molecule has 3 aromatic heterocycles. The topological polar surface area (TPSA) is 39.9 Å². The monoisotopic (exact) mass is 416 g/mol. The number of nitrogens with zero attached hydrogens (tertiary/aromatic N) is 6. The Morgan fingerprint density at radius 2 is 1.87 bits per heavy atom. The molecular formula is C25H32N6. The summed E-state index contributed by atoms with van der Waals surface area (Å²) in [6.07, 6.45) is 11.5. The molecule has 3 aromatic rings. The van der Waals surface area contributed by atoms with Crippen LogP contribution in [-0.4, -0.2) is 63.4 Å². The van der Waals surface area contributed by atoms with E-state index in [2.05, 4.69) is 54.5 Å². The maximum atomic E-state index is 5.14. The summed E-state index contributed by atoms with van der Waals surface area (Å²) in [5.41, 5.74) is 3.60. The fraction of sp³-hybridized carbons (Fsp3) is 0.520. The summed E-state index contributed by atoms with van der Waals surface area (Å²) in [5, 5.41) is 0. The Bertz CT molecular complexity index is 1020. The van der Waals surface area contributed by atoms with Crippen LogP contribution in [0.4, 0.5) is 5.82 Å². The Labute approximate surface area is 184 Å². The third kappa shape index (κ3) is 4.06. The summed E-state index contributed by atoms with van der Waals surface area (Å²) < 4.78 is 2.33. The zero-order valence-electron chi connectivity index (χ0n) is 18.2. The lowest BCUT2D eigenvalue weighted by Crippen LogP contribution is -2.48. The SMILES string of the molecule is c1cncc(CN2CCN(CC3CC3)[C@H](c3cn4c(N5CCCC5)cccc4n3)C2)c1. The number of imidazole rings is 1. The Hall–Kier alpha value is -2.44. The van der Waals surface area contributed by atoms with Gasteiger partial charge in [-0.3, -0.25) is 19.2 Å². The minimum atomic E-state index is 0.359. The number of fused-ring (bicyclic) bond motifs is 1. The van der Waals surface area contributed by atoms with Gasteiger partial charge in [0.2, 0.25) is 0 Å². The van der Waals surface area contributed by atoms with E-state index in [1.165, 1.54) is 49.3 Å². The van der Waals surface area contributed by atoms with E-state index in [1.807, 2.05) is 18.5 Å². The lowest BCUT2D eigenvalue weighted by atomic mass is 10.1. The van der Waals surface area contributed by atoms with Gasteiger partial charge in [0.1, 0.15) is 11.5 Å². The van der Waals surface area contributed by atoms with Crippen molar-refractivity contribution < 1.29 is 0 Å². The highest BCUT2D eigenvalue weighted by Gasteiger charge is 2.34. The first-order valence-corrected chi connectivity index (χ1v) is 11.9. The maximum Gasteiger partial charge on any atom is 0.138 e. The molecule has 2 saturated heterocycles. The third-order valence-corrected chi connectivity index (χ3v) is 7.15. The van der Waals surface area contributed by atoms with Crippen LogP contribution in [0.5, 0.6) is 0 Å². The summed E-state index contributed by atoms with van der Waals surface area (Å²) in [5.74, 6) is 2.19. The minimum Gasteiger partial charge on any atom is -0.358 e. The van der Waals surface area contributed by atoms with E-state index in [-0.39, 0.29) is 0 Å². The molecule has 6 nitrogen and oxygen atoms in total. The van der Waals surface area contributed by atoms with Crippen LogP contribution in [-0.2, 0) is 6.54 Å². The first-order valence-electron chi connectivity index (χ1n) is 11.9. The number of hydrogen-bond acceptors (Lipinski definition) is 5. The van der Waals surface area contributed by atoms with Gasteiger partial charge in [-0.25, -0.2) is 4.98 Å². The average Bonchev–Trinajstić information content (AvgIpc) is 3.26. The predicted molar refractivity (Wildman–Crippen MR) is 123 cm³/mol. The lowest BCUT2D eigenvalue weighted by molar-refractivity contribution is 0.0639. The summed E-state index contributed by atoms with van der Waals surface area (Å²) in [6.45, 7) is 7.76. The zero-order valence-corrected chi connectivity index (χ0v) is 18.2. The van der Waals surface area contributed by atoms with Crippen molar-refractivity contribution in [2.45, 2.75) is 38.3 Å². The van der Waals surface area contributed by atoms with Gasteiger partial charge in [0.05, 0.1) is 11.7 Å². The fourth-order valence-corrected chi connectivity index (χ4v) is 5.28. The normalized spacial score (nSPS) is 23.1. The largest absolute Gasteiger partial charge is 0.358 e. The Morgan fingerprint density at radius 3 is 2.68 bits per heavy atom. The molecule has 5 heterocycles. The van der Waals surface area contributed by atoms with Gasteiger partial charge in [-0.05, 0) is 55.4 Å². The van der Waals surface area contributed by atoms with E-state index in [4.69, 9.17) is 4.98 Å². The van der Waals surface area contributed by atoms with Gasteiger partial charge in [0.25, 0.3) is 0 Å². The summed E-state index contributed by atoms with van der Waals surface area (Å²) in [4.78, 5) is 17.2. The number of rotatable bonds is 6. The molecule has 0 bridgehead atoms. The molecule has 1 atom stereocenters. The highest BCUT2D eigenvalue weighted by molar-refractivity contribution is 5.53. The molecule has 6 rings (SSSR count). The number of anilines is 1. The van der Waals surface area contributed by atoms with Crippen molar-refractivity contribution in [3.63, 3.8) is 0 Å². The molecule has 0 aromatic carbocycles. The van der Waals surface area contributed by atoms with Gasteiger partial charge in [-0.15, -0.1) is 0 Å². The van der Waals surface area contributed by atoms with Gasteiger partial charge in [-0.1, -0.05) is 12.1 Å². The van der Waals surface area contributed by atoms with E-state index in [9.17, 15) is 0 Å². The highest BCUT2D eigenvalue weighted by atomic mass is 15.3. The lowest BCUT2D eigenvalue weighted by Gasteiger charge is -2.41. The van der Waals surface area contributed by atoms with Crippen molar-refractivity contribution >= 4 is 11.5 Å². The molecule has 2 aliphatic heterocycles. The van der Waals surface area contributed by atoms with Gasteiger partial charge in [0.15, 0.2) is 0 Å². The molecule has 3 fully saturated rings. The Balaban J connectivity index is 1.29. The fourth-order valence-electron chi connectivity index (χ4n) is 5.28. The molecule has 3 aliphatic rings. The molecule has 162 valence electrons. The second-order valence-electron chi connectivity index (χ2n) is 9.52. The zero-order chi connectivity index (χ0) is 20.6. The molecule has 0 radical (unpaired) electrons. The van der Waals surface area contributed by atoms with Gasteiger partial charge >= 0.3 is 0 Å².